The standard InChI is InChI=1S/C25H25FN6O2/c1-3-21(33)20-7-6-17(14-29-20)22-23(15-4-5-16(13-27)19(26)12-15)30-25(31(2)24(22)34)32-10-8-18(28)9-11-32/h4-7,12,14,18H,3,8-11,28H2,1-2H3. The minimum Gasteiger partial charge on any atom is -0.342 e. The minimum atomic E-state index is -0.694. The molecule has 174 valence electrons. The predicted octanol–water partition coefficient (Wildman–Crippen LogP) is 3.04. The molecule has 2 aromatic heterocycles. The van der Waals surface area contributed by atoms with Crippen molar-refractivity contribution in [2.24, 2.45) is 12.8 Å². The molecule has 0 radical (unpaired) electrons. The van der Waals surface area contributed by atoms with Gasteiger partial charge < -0.3 is 10.6 Å². The van der Waals surface area contributed by atoms with Crippen molar-refractivity contribution < 1.29 is 9.18 Å². The number of carbonyl (C=O) groups excluding carboxylic acids is 1. The van der Waals surface area contributed by atoms with Crippen molar-refractivity contribution in [2.45, 2.75) is 32.2 Å². The molecule has 1 aliphatic heterocycles. The molecule has 9 heteroatoms. The topological polar surface area (TPSA) is 118 Å². The van der Waals surface area contributed by atoms with Gasteiger partial charge in [0, 0.05) is 49.9 Å². The van der Waals surface area contributed by atoms with E-state index in [1.54, 1.807) is 38.2 Å². The summed E-state index contributed by atoms with van der Waals surface area (Å²) < 4.78 is 16.0. The summed E-state index contributed by atoms with van der Waals surface area (Å²) in [5, 5.41) is 9.11. The van der Waals surface area contributed by atoms with Gasteiger partial charge in [0.2, 0.25) is 5.95 Å². The second kappa shape index (κ2) is 9.53. The van der Waals surface area contributed by atoms with Crippen LogP contribution in [0.25, 0.3) is 22.4 Å². The van der Waals surface area contributed by atoms with Crippen LogP contribution >= 0.6 is 0 Å². The summed E-state index contributed by atoms with van der Waals surface area (Å²) in [6.07, 6.45) is 3.33. The fourth-order valence-electron chi connectivity index (χ4n) is 4.08. The minimum absolute atomic E-state index is 0.0940. The lowest BCUT2D eigenvalue weighted by atomic mass is 9.99. The molecule has 0 atom stereocenters. The van der Waals surface area contributed by atoms with Gasteiger partial charge >= 0.3 is 0 Å². The van der Waals surface area contributed by atoms with Gasteiger partial charge in [0.25, 0.3) is 5.56 Å². The Morgan fingerprint density at radius 1 is 1.24 bits per heavy atom. The molecule has 3 heterocycles. The van der Waals surface area contributed by atoms with Gasteiger partial charge in [0.15, 0.2) is 5.78 Å². The Morgan fingerprint density at radius 3 is 2.53 bits per heavy atom. The molecule has 0 bridgehead atoms. The van der Waals surface area contributed by atoms with E-state index in [1.165, 1.54) is 22.9 Å². The zero-order valence-corrected chi connectivity index (χ0v) is 19.1. The van der Waals surface area contributed by atoms with Crippen molar-refractivity contribution in [1.82, 2.24) is 14.5 Å². The number of hydrogen-bond acceptors (Lipinski definition) is 7. The molecule has 1 saturated heterocycles. The molecule has 2 N–H and O–H groups in total. The molecule has 1 fully saturated rings. The number of benzene rings is 1. The number of nitrogens with two attached hydrogens (primary N) is 1. The molecule has 0 spiro atoms. The van der Waals surface area contributed by atoms with Crippen LogP contribution in [0, 0.1) is 17.1 Å². The third-order valence-electron chi connectivity index (χ3n) is 6.11. The number of aromatic nitrogens is 3. The molecule has 0 amide bonds. The largest absolute Gasteiger partial charge is 0.342 e. The van der Waals surface area contributed by atoms with Crippen LogP contribution in [0.4, 0.5) is 10.3 Å². The van der Waals surface area contributed by atoms with E-state index in [2.05, 4.69) is 4.98 Å². The third-order valence-corrected chi connectivity index (χ3v) is 6.11. The molecule has 8 nitrogen and oxygen atoms in total. The molecule has 3 aromatic rings. The van der Waals surface area contributed by atoms with Gasteiger partial charge in [-0.05, 0) is 31.0 Å². The van der Waals surface area contributed by atoms with Gasteiger partial charge in [-0.2, -0.15) is 5.26 Å². The maximum Gasteiger partial charge on any atom is 0.263 e. The molecule has 34 heavy (non-hydrogen) atoms. The average Bonchev–Trinajstić information content (AvgIpc) is 2.85. The number of nitriles is 1. The van der Waals surface area contributed by atoms with Crippen LogP contribution in [0.5, 0.6) is 0 Å². The molecular weight excluding hydrogens is 435 g/mol. The summed E-state index contributed by atoms with van der Waals surface area (Å²) in [5.41, 5.74) is 7.29. The van der Waals surface area contributed by atoms with Gasteiger partial charge in [-0.25, -0.2) is 9.37 Å². The maximum atomic E-state index is 14.5. The van der Waals surface area contributed by atoms with Crippen LogP contribution in [-0.4, -0.2) is 39.4 Å². The highest BCUT2D eigenvalue weighted by molar-refractivity contribution is 5.94. The molecule has 0 aliphatic carbocycles. The van der Waals surface area contributed by atoms with Crippen LogP contribution in [0.3, 0.4) is 0 Å². The number of Topliss-reactive ketones (excluding diaryl/α,β-unsaturated/α-hetero) is 1. The number of hydrogen-bond donors (Lipinski definition) is 1. The van der Waals surface area contributed by atoms with Crippen molar-refractivity contribution in [1.29, 1.82) is 5.26 Å². The number of pyridine rings is 1. The summed E-state index contributed by atoms with van der Waals surface area (Å²) in [5.74, 6) is -0.335. The number of piperidine rings is 1. The SMILES string of the molecule is CCC(=O)c1ccc(-c2c(-c3ccc(C#N)c(F)c3)nc(N3CCC(N)CC3)n(C)c2=O)cn1. The average molecular weight is 461 g/mol. The predicted molar refractivity (Wildman–Crippen MR) is 127 cm³/mol. The summed E-state index contributed by atoms with van der Waals surface area (Å²) in [6, 6.07) is 9.29. The van der Waals surface area contributed by atoms with E-state index in [0.717, 1.165) is 12.8 Å². The maximum absolute atomic E-state index is 14.5. The van der Waals surface area contributed by atoms with E-state index in [0.29, 0.717) is 42.3 Å². The van der Waals surface area contributed by atoms with Crippen LogP contribution in [0.2, 0.25) is 0 Å². The van der Waals surface area contributed by atoms with E-state index in [4.69, 9.17) is 16.0 Å². The Hall–Kier alpha value is -3.90. The molecule has 1 aromatic carbocycles. The normalized spacial score (nSPS) is 14.1. The summed E-state index contributed by atoms with van der Waals surface area (Å²) in [4.78, 5) is 36.6. The van der Waals surface area contributed by atoms with Gasteiger partial charge in [-0.3, -0.25) is 19.1 Å². The summed E-state index contributed by atoms with van der Waals surface area (Å²) >= 11 is 0. The van der Waals surface area contributed by atoms with E-state index in [9.17, 15) is 14.0 Å². The first kappa shape index (κ1) is 23.3. The van der Waals surface area contributed by atoms with Crippen LogP contribution in [0.15, 0.2) is 41.3 Å². The zero-order chi connectivity index (χ0) is 24.4. The fraction of sp³-hybridized carbons (Fsp3) is 0.320. The lowest BCUT2D eigenvalue weighted by Gasteiger charge is -2.32. The van der Waals surface area contributed by atoms with E-state index in [1.807, 2.05) is 4.90 Å². The van der Waals surface area contributed by atoms with Crippen LogP contribution in [0.1, 0.15) is 42.2 Å². The number of rotatable bonds is 5. The summed E-state index contributed by atoms with van der Waals surface area (Å²) in [7, 11) is 1.65. The number of ketones is 1. The molecular formula is C25H25FN6O2. The quantitative estimate of drug-likeness (QED) is 0.582. The smallest absolute Gasteiger partial charge is 0.263 e. The first-order chi connectivity index (χ1) is 16.3. The van der Waals surface area contributed by atoms with E-state index in [-0.39, 0.29) is 34.2 Å². The highest BCUT2D eigenvalue weighted by Gasteiger charge is 2.24. The van der Waals surface area contributed by atoms with Crippen molar-refractivity contribution >= 4 is 11.7 Å². The lowest BCUT2D eigenvalue weighted by Crippen LogP contribution is -2.42. The van der Waals surface area contributed by atoms with E-state index >= 15 is 0 Å². The lowest BCUT2D eigenvalue weighted by molar-refractivity contribution is 0.0983. The van der Waals surface area contributed by atoms with Gasteiger partial charge in [-0.15, -0.1) is 0 Å². The number of halogens is 1. The van der Waals surface area contributed by atoms with Crippen molar-refractivity contribution in [3.05, 3.63) is 64.0 Å². The molecule has 1 aliphatic rings. The van der Waals surface area contributed by atoms with E-state index < -0.39 is 5.82 Å². The molecule has 0 saturated carbocycles. The Bertz CT molecular complexity index is 1340. The van der Waals surface area contributed by atoms with Crippen LogP contribution < -0.4 is 16.2 Å². The number of nitrogens with zero attached hydrogens (tertiary/aromatic N) is 5. The first-order valence-electron chi connectivity index (χ1n) is 11.1. The summed E-state index contributed by atoms with van der Waals surface area (Å²) in [6.45, 7) is 3.05. The number of carbonyl (C=O) groups is 1. The van der Waals surface area contributed by atoms with Gasteiger partial charge in [-0.1, -0.05) is 19.1 Å². The second-order valence-electron chi connectivity index (χ2n) is 8.34. The van der Waals surface area contributed by atoms with Crippen LogP contribution in [-0.2, 0) is 7.05 Å². The van der Waals surface area contributed by atoms with Gasteiger partial charge in [0.1, 0.15) is 17.6 Å². The molecule has 0 unspecified atom stereocenters. The Morgan fingerprint density at radius 2 is 1.94 bits per heavy atom. The zero-order valence-electron chi connectivity index (χ0n) is 19.1. The fourth-order valence-corrected chi connectivity index (χ4v) is 4.08. The highest BCUT2D eigenvalue weighted by atomic mass is 19.1. The van der Waals surface area contributed by atoms with Gasteiger partial charge in [0.05, 0.1) is 16.8 Å². The monoisotopic (exact) mass is 460 g/mol. The first-order valence-corrected chi connectivity index (χ1v) is 11.1. The Labute approximate surface area is 196 Å². The Kier molecular flexibility index (Phi) is 6.52. The highest BCUT2D eigenvalue weighted by Crippen LogP contribution is 2.31. The third kappa shape index (κ3) is 4.32. The van der Waals surface area contributed by atoms with Crippen molar-refractivity contribution in [3.8, 4) is 28.5 Å². The molecule has 4 rings (SSSR count). The van der Waals surface area contributed by atoms with Crippen molar-refractivity contribution in [3.63, 3.8) is 0 Å². The Balaban J connectivity index is 1.92. The van der Waals surface area contributed by atoms with Crippen molar-refractivity contribution in [2.75, 3.05) is 18.0 Å². The second-order valence-corrected chi connectivity index (χ2v) is 8.34. The number of anilines is 1.